The van der Waals surface area contributed by atoms with Gasteiger partial charge >= 0.3 is 0 Å². The van der Waals surface area contributed by atoms with Crippen molar-refractivity contribution in [3.05, 3.63) is 99.6 Å². The second-order valence-electron chi connectivity index (χ2n) is 7.19. The molecule has 6 nitrogen and oxygen atoms in total. The molecule has 0 saturated heterocycles. The molecule has 5 aromatic rings. The van der Waals surface area contributed by atoms with Crippen LogP contribution in [0.3, 0.4) is 0 Å². The lowest BCUT2D eigenvalue weighted by Crippen LogP contribution is -2.21. The molecule has 2 heterocycles. The largest absolute Gasteiger partial charge is 0.420 e. The number of aromatic nitrogens is 4. The summed E-state index contributed by atoms with van der Waals surface area (Å²) in [7, 11) is 0. The Bertz CT molecular complexity index is 1480. The Morgan fingerprint density at radius 3 is 2.66 bits per heavy atom. The number of hydrogen-bond donors (Lipinski definition) is 0. The third-order valence-corrected chi connectivity index (χ3v) is 6.03. The van der Waals surface area contributed by atoms with Crippen LogP contribution in [0.25, 0.3) is 28.0 Å². The van der Waals surface area contributed by atoms with E-state index in [0.717, 1.165) is 16.8 Å². The zero-order chi connectivity index (χ0) is 22.1. The van der Waals surface area contributed by atoms with Crippen molar-refractivity contribution in [3.8, 4) is 17.1 Å². The fourth-order valence-electron chi connectivity index (χ4n) is 3.37. The van der Waals surface area contributed by atoms with Crippen LogP contribution < -0.4 is 5.56 Å². The SMILES string of the molecule is Cc1cccc(-n2c(SCc3nnc(-c4ccccc4)o3)nc3cc(Cl)ccc3c2=O)c1. The molecule has 0 fully saturated rings. The van der Waals surface area contributed by atoms with E-state index in [-0.39, 0.29) is 5.56 Å². The maximum absolute atomic E-state index is 13.4. The number of fused-ring (bicyclic) bond motifs is 1. The van der Waals surface area contributed by atoms with E-state index in [1.165, 1.54) is 11.8 Å². The Kier molecular flexibility index (Phi) is 5.51. The van der Waals surface area contributed by atoms with Crippen LogP contribution in [0.15, 0.2) is 87.2 Å². The summed E-state index contributed by atoms with van der Waals surface area (Å²) in [6.45, 7) is 1.99. The maximum Gasteiger partial charge on any atom is 0.266 e. The van der Waals surface area contributed by atoms with E-state index < -0.39 is 0 Å². The highest BCUT2D eigenvalue weighted by Crippen LogP contribution is 2.27. The van der Waals surface area contributed by atoms with Crippen LogP contribution in [-0.4, -0.2) is 19.7 Å². The lowest BCUT2D eigenvalue weighted by molar-refractivity contribution is 0.528. The zero-order valence-corrected chi connectivity index (χ0v) is 18.6. The average Bonchev–Trinajstić information content (AvgIpc) is 3.27. The molecule has 0 atom stereocenters. The third kappa shape index (κ3) is 4.04. The van der Waals surface area contributed by atoms with Crippen molar-refractivity contribution in [2.24, 2.45) is 0 Å². The molecular formula is C24H17ClN4O2S. The minimum absolute atomic E-state index is 0.157. The molecule has 0 aliphatic carbocycles. The van der Waals surface area contributed by atoms with Crippen LogP contribution in [0, 0.1) is 6.92 Å². The number of nitrogens with zero attached hydrogens (tertiary/aromatic N) is 4. The van der Waals surface area contributed by atoms with Crippen molar-refractivity contribution in [1.29, 1.82) is 0 Å². The molecule has 0 unspecified atom stereocenters. The first-order valence-corrected chi connectivity index (χ1v) is 11.2. The normalized spacial score (nSPS) is 11.2. The number of hydrogen-bond acceptors (Lipinski definition) is 6. The van der Waals surface area contributed by atoms with Crippen LogP contribution in [0.5, 0.6) is 0 Å². The second kappa shape index (κ2) is 8.61. The Morgan fingerprint density at radius 1 is 1.00 bits per heavy atom. The molecular weight excluding hydrogens is 444 g/mol. The smallest absolute Gasteiger partial charge is 0.266 e. The quantitative estimate of drug-likeness (QED) is 0.248. The van der Waals surface area contributed by atoms with E-state index in [2.05, 4.69) is 10.2 Å². The summed E-state index contributed by atoms with van der Waals surface area (Å²) in [4.78, 5) is 18.1. The van der Waals surface area contributed by atoms with Crippen molar-refractivity contribution in [2.75, 3.05) is 0 Å². The highest BCUT2D eigenvalue weighted by atomic mass is 35.5. The topological polar surface area (TPSA) is 73.8 Å². The molecule has 0 saturated carbocycles. The fraction of sp³-hybridized carbons (Fsp3) is 0.0833. The van der Waals surface area contributed by atoms with Gasteiger partial charge in [-0.15, -0.1) is 10.2 Å². The van der Waals surface area contributed by atoms with E-state index in [9.17, 15) is 4.79 Å². The summed E-state index contributed by atoms with van der Waals surface area (Å²) in [5.41, 5.74) is 3.04. The van der Waals surface area contributed by atoms with E-state index in [0.29, 0.717) is 38.6 Å². The number of rotatable bonds is 5. The summed E-state index contributed by atoms with van der Waals surface area (Å²) >= 11 is 7.50. The third-order valence-electron chi connectivity index (χ3n) is 4.87. The predicted octanol–water partition coefficient (Wildman–Crippen LogP) is 5.69. The van der Waals surface area contributed by atoms with Crippen molar-refractivity contribution in [3.63, 3.8) is 0 Å². The molecule has 0 aliphatic heterocycles. The number of aryl methyl sites for hydroxylation is 1. The first kappa shape index (κ1) is 20.5. The Morgan fingerprint density at radius 2 is 1.84 bits per heavy atom. The van der Waals surface area contributed by atoms with Crippen LogP contribution >= 0.6 is 23.4 Å². The van der Waals surface area contributed by atoms with Gasteiger partial charge in [0.1, 0.15) is 0 Å². The van der Waals surface area contributed by atoms with Gasteiger partial charge in [-0.2, -0.15) is 0 Å². The van der Waals surface area contributed by atoms with E-state index in [1.807, 2.05) is 61.5 Å². The molecule has 0 spiro atoms. The van der Waals surface area contributed by atoms with E-state index in [4.69, 9.17) is 21.0 Å². The van der Waals surface area contributed by atoms with Gasteiger partial charge in [0.05, 0.1) is 22.3 Å². The molecule has 8 heteroatoms. The van der Waals surface area contributed by atoms with Crippen molar-refractivity contribution >= 4 is 34.3 Å². The van der Waals surface area contributed by atoms with Gasteiger partial charge in [-0.05, 0) is 55.0 Å². The van der Waals surface area contributed by atoms with Gasteiger partial charge < -0.3 is 4.42 Å². The van der Waals surface area contributed by atoms with Gasteiger partial charge in [-0.25, -0.2) is 4.98 Å². The molecule has 158 valence electrons. The van der Waals surface area contributed by atoms with E-state index >= 15 is 0 Å². The summed E-state index contributed by atoms with van der Waals surface area (Å²) < 4.78 is 7.43. The van der Waals surface area contributed by atoms with Crippen LogP contribution in [-0.2, 0) is 5.75 Å². The van der Waals surface area contributed by atoms with Gasteiger partial charge in [-0.1, -0.05) is 53.7 Å². The number of benzene rings is 3. The molecule has 3 aromatic carbocycles. The molecule has 32 heavy (non-hydrogen) atoms. The molecule has 5 rings (SSSR count). The molecule has 2 aromatic heterocycles. The van der Waals surface area contributed by atoms with Gasteiger partial charge in [0, 0.05) is 10.6 Å². The second-order valence-corrected chi connectivity index (χ2v) is 8.57. The van der Waals surface area contributed by atoms with Gasteiger partial charge in [0.2, 0.25) is 11.8 Å². The summed E-state index contributed by atoms with van der Waals surface area (Å²) in [5.74, 6) is 1.27. The minimum Gasteiger partial charge on any atom is -0.420 e. The average molecular weight is 461 g/mol. The van der Waals surface area contributed by atoms with Gasteiger partial charge in [-0.3, -0.25) is 9.36 Å². The molecule has 0 aliphatic rings. The Labute approximate surface area is 192 Å². The van der Waals surface area contributed by atoms with Crippen molar-refractivity contribution in [1.82, 2.24) is 19.7 Å². The molecule has 0 bridgehead atoms. The zero-order valence-electron chi connectivity index (χ0n) is 17.0. The lowest BCUT2D eigenvalue weighted by atomic mass is 10.2. The highest BCUT2D eigenvalue weighted by Gasteiger charge is 2.16. The van der Waals surface area contributed by atoms with Crippen LogP contribution in [0.1, 0.15) is 11.5 Å². The van der Waals surface area contributed by atoms with Crippen LogP contribution in [0.4, 0.5) is 0 Å². The summed E-state index contributed by atoms with van der Waals surface area (Å²) in [6, 6.07) is 22.4. The van der Waals surface area contributed by atoms with E-state index in [1.54, 1.807) is 22.8 Å². The lowest BCUT2D eigenvalue weighted by Gasteiger charge is -2.13. The standard InChI is InChI=1S/C24H17ClN4O2S/c1-15-6-5-9-18(12-15)29-23(30)19-11-10-17(25)13-20(19)26-24(29)32-14-21-27-28-22(31-21)16-7-3-2-4-8-16/h2-13H,14H2,1H3. The molecule has 0 radical (unpaired) electrons. The number of thioether (sulfide) groups is 1. The monoisotopic (exact) mass is 460 g/mol. The summed E-state index contributed by atoms with van der Waals surface area (Å²) in [6.07, 6.45) is 0. The minimum atomic E-state index is -0.157. The summed E-state index contributed by atoms with van der Waals surface area (Å²) in [5, 5.41) is 9.84. The first-order valence-electron chi connectivity index (χ1n) is 9.88. The maximum atomic E-state index is 13.4. The number of halogens is 1. The molecule has 0 amide bonds. The predicted molar refractivity (Wildman–Crippen MR) is 126 cm³/mol. The van der Waals surface area contributed by atoms with Crippen LogP contribution in [0.2, 0.25) is 5.02 Å². The first-order chi connectivity index (χ1) is 15.6. The van der Waals surface area contributed by atoms with Crippen molar-refractivity contribution in [2.45, 2.75) is 17.8 Å². The molecule has 0 N–H and O–H groups in total. The van der Waals surface area contributed by atoms with Gasteiger partial charge in [0.15, 0.2) is 5.16 Å². The highest BCUT2D eigenvalue weighted by molar-refractivity contribution is 7.98. The fourth-order valence-corrected chi connectivity index (χ4v) is 4.38. The van der Waals surface area contributed by atoms with Gasteiger partial charge in [0.25, 0.3) is 5.56 Å². The Balaban J connectivity index is 1.55. The van der Waals surface area contributed by atoms with Crippen molar-refractivity contribution < 1.29 is 4.42 Å². The Hall–Kier alpha value is -3.42.